The molecule has 0 N–H and O–H groups in total. The zero-order valence-electron chi connectivity index (χ0n) is 10.6. The van der Waals surface area contributed by atoms with E-state index in [-0.39, 0.29) is 0 Å². The minimum atomic E-state index is 0.644. The molecular formula is C13H27N. The maximum absolute atomic E-state index is 2.55. The monoisotopic (exact) mass is 197 g/mol. The van der Waals surface area contributed by atoms with E-state index < -0.39 is 0 Å². The molecule has 0 aromatic heterocycles. The maximum Gasteiger partial charge on any atom is 0.0305 e. The molecule has 0 spiro atoms. The summed E-state index contributed by atoms with van der Waals surface area (Å²) < 4.78 is 0. The molecular weight excluding hydrogens is 170 g/mol. The lowest BCUT2D eigenvalue weighted by Gasteiger charge is -2.33. The van der Waals surface area contributed by atoms with Gasteiger partial charge < -0.3 is 0 Å². The van der Waals surface area contributed by atoms with E-state index in [2.05, 4.69) is 51.7 Å². The van der Waals surface area contributed by atoms with Crippen molar-refractivity contribution < 1.29 is 0 Å². The average Bonchev–Trinajstić information content (AvgIpc) is 2.21. The van der Waals surface area contributed by atoms with Gasteiger partial charge >= 0.3 is 0 Å². The van der Waals surface area contributed by atoms with E-state index in [0.29, 0.717) is 6.04 Å². The summed E-state index contributed by atoms with van der Waals surface area (Å²) in [7, 11) is 0. The van der Waals surface area contributed by atoms with Crippen LogP contribution in [-0.2, 0) is 0 Å². The average molecular weight is 197 g/mol. The van der Waals surface area contributed by atoms with Gasteiger partial charge in [0.1, 0.15) is 0 Å². The van der Waals surface area contributed by atoms with Gasteiger partial charge in [0, 0.05) is 6.04 Å². The van der Waals surface area contributed by atoms with Crippen LogP contribution in [0.2, 0.25) is 0 Å². The Morgan fingerprint density at radius 2 is 1.50 bits per heavy atom. The first kappa shape index (κ1) is 13.7. The van der Waals surface area contributed by atoms with E-state index in [9.17, 15) is 0 Å². The summed E-state index contributed by atoms with van der Waals surface area (Å²) in [6.07, 6.45) is 7.12. The third-order valence-electron chi connectivity index (χ3n) is 3.16. The van der Waals surface area contributed by atoms with Crippen molar-refractivity contribution in [3.8, 4) is 0 Å². The molecule has 0 rings (SSSR count). The summed E-state index contributed by atoms with van der Waals surface area (Å²) >= 11 is 0. The SMILES string of the molecule is C/C=C\C(C(CC)CC)N(CC)CC. The molecule has 0 aliphatic carbocycles. The van der Waals surface area contributed by atoms with Gasteiger partial charge in [-0.3, -0.25) is 4.90 Å². The first-order chi connectivity index (χ1) is 6.74. The molecule has 0 saturated heterocycles. The number of allylic oxidation sites excluding steroid dienone is 1. The second kappa shape index (κ2) is 8.05. The van der Waals surface area contributed by atoms with Gasteiger partial charge in [0.15, 0.2) is 0 Å². The molecule has 1 nitrogen and oxygen atoms in total. The molecule has 1 heteroatoms. The lowest BCUT2D eigenvalue weighted by molar-refractivity contribution is 0.185. The second-order valence-electron chi connectivity index (χ2n) is 3.81. The van der Waals surface area contributed by atoms with Gasteiger partial charge in [-0.05, 0) is 25.9 Å². The van der Waals surface area contributed by atoms with Crippen LogP contribution in [0.3, 0.4) is 0 Å². The van der Waals surface area contributed by atoms with Crippen molar-refractivity contribution in [3.05, 3.63) is 12.2 Å². The highest BCUT2D eigenvalue weighted by Crippen LogP contribution is 2.19. The van der Waals surface area contributed by atoms with Crippen molar-refractivity contribution in [1.29, 1.82) is 0 Å². The molecule has 0 saturated carbocycles. The first-order valence-corrected chi connectivity index (χ1v) is 6.11. The number of nitrogens with zero attached hydrogens (tertiary/aromatic N) is 1. The van der Waals surface area contributed by atoms with Crippen LogP contribution in [0, 0.1) is 5.92 Å². The largest absolute Gasteiger partial charge is 0.297 e. The van der Waals surface area contributed by atoms with Crippen LogP contribution in [0.15, 0.2) is 12.2 Å². The lowest BCUT2D eigenvalue weighted by Crippen LogP contribution is -2.38. The van der Waals surface area contributed by atoms with E-state index in [0.717, 1.165) is 19.0 Å². The summed E-state index contributed by atoms with van der Waals surface area (Å²) in [6.45, 7) is 13.5. The Labute approximate surface area is 90.2 Å². The van der Waals surface area contributed by atoms with Crippen molar-refractivity contribution in [2.75, 3.05) is 13.1 Å². The number of likely N-dealkylation sites (N-methyl/N-ethyl adjacent to an activating group) is 1. The highest BCUT2D eigenvalue weighted by molar-refractivity contribution is 4.95. The number of rotatable bonds is 7. The van der Waals surface area contributed by atoms with Crippen molar-refractivity contribution in [2.24, 2.45) is 5.92 Å². The molecule has 0 radical (unpaired) electrons. The molecule has 0 heterocycles. The van der Waals surface area contributed by atoms with Crippen LogP contribution >= 0.6 is 0 Å². The molecule has 0 aromatic carbocycles. The fraction of sp³-hybridized carbons (Fsp3) is 0.846. The zero-order chi connectivity index (χ0) is 11.0. The third-order valence-corrected chi connectivity index (χ3v) is 3.16. The van der Waals surface area contributed by atoms with Gasteiger partial charge in [0.05, 0.1) is 0 Å². The predicted molar refractivity (Wildman–Crippen MR) is 65.6 cm³/mol. The van der Waals surface area contributed by atoms with Gasteiger partial charge in [-0.25, -0.2) is 0 Å². The van der Waals surface area contributed by atoms with Crippen LogP contribution in [-0.4, -0.2) is 24.0 Å². The van der Waals surface area contributed by atoms with Crippen molar-refractivity contribution in [2.45, 2.75) is 53.5 Å². The summed E-state index contributed by atoms with van der Waals surface area (Å²) in [5, 5.41) is 0. The van der Waals surface area contributed by atoms with Crippen molar-refractivity contribution >= 4 is 0 Å². The highest BCUT2D eigenvalue weighted by atomic mass is 15.1. The molecule has 0 aliphatic heterocycles. The Morgan fingerprint density at radius 1 is 1.00 bits per heavy atom. The van der Waals surface area contributed by atoms with Crippen LogP contribution in [0.5, 0.6) is 0 Å². The lowest BCUT2D eigenvalue weighted by atomic mass is 9.92. The Hall–Kier alpha value is -0.300. The standard InChI is InChI=1S/C13H27N/c1-6-11-13(12(7-2)8-3)14(9-4)10-5/h6,11-13H,7-10H2,1-5H3/b11-6-. The van der Waals surface area contributed by atoms with Crippen LogP contribution < -0.4 is 0 Å². The van der Waals surface area contributed by atoms with Crippen LogP contribution in [0.4, 0.5) is 0 Å². The van der Waals surface area contributed by atoms with E-state index in [1.54, 1.807) is 0 Å². The van der Waals surface area contributed by atoms with E-state index in [1.165, 1.54) is 12.8 Å². The van der Waals surface area contributed by atoms with Crippen molar-refractivity contribution in [3.63, 3.8) is 0 Å². The Morgan fingerprint density at radius 3 is 1.79 bits per heavy atom. The fourth-order valence-corrected chi connectivity index (χ4v) is 2.19. The van der Waals surface area contributed by atoms with Gasteiger partial charge in [-0.15, -0.1) is 0 Å². The van der Waals surface area contributed by atoms with E-state index >= 15 is 0 Å². The smallest absolute Gasteiger partial charge is 0.0305 e. The first-order valence-electron chi connectivity index (χ1n) is 6.11. The molecule has 0 amide bonds. The summed E-state index contributed by atoms with van der Waals surface area (Å²) in [6, 6.07) is 0.644. The Kier molecular flexibility index (Phi) is 7.87. The highest BCUT2D eigenvalue weighted by Gasteiger charge is 2.20. The molecule has 0 aromatic rings. The summed E-state index contributed by atoms with van der Waals surface area (Å²) in [5.41, 5.74) is 0. The minimum Gasteiger partial charge on any atom is -0.297 e. The normalized spacial score (nSPS) is 14.5. The fourth-order valence-electron chi connectivity index (χ4n) is 2.19. The topological polar surface area (TPSA) is 3.24 Å². The van der Waals surface area contributed by atoms with Crippen LogP contribution in [0.25, 0.3) is 0 Å². The van der Waals surface area contributed by atoms with Gasteiger partial charge in [0.25, 0.3) is 0 Å². The molecule has 0 fully saturated rings. The van der Waals surface area contributed by atoms with Crippen molar-refractivity contribution in [1.82, 2.24) is 4.90 Å². The quantitative estimate of drug-likeness (QED) is 0.562. The minimum absolute atomic E-state index is 0.644. The second-order valence-corrected chi connectivity index (χ2v) is 3.81. The molecule has 14 heavy (non-hydrogen) atoms. The summed E-state index contributed by atoms with van der Waals surface area (Å²) in [4.78, 5) is 2.55. The Bertz CT molecular complexity index is 131. The zero-order valence-corrected chi connectivity index (χ0v) is 10.6. The van der Waals surface area contributed by atoms with Gasteiger partial charge in [-0.2, -0.15) is 0 Å². The van der Waals surface area contributed by atoms with E-state index in [4.69, 9.17) is 0 Å². The van der Waals surface area contributed by atoms with Gasteiger partial charge in [-0.1, -0.05) is 52.7 Å². The molecule has 0 aliphatic rings. The molecule has 1 unspecified atom stereocenters. The number of hydrogen-bond donors (Lipinski definition) is 0. The molecule has 84 valence electrons. The third kappa shape index (κ3) is 3.83. The maximum atomic E-state index is 2.55. The molecule has 0 bridgehead atoms. The van der Waals surface area contributed by atoms with Gasteiger partial charge in [0.2, 0.25) is 0 Å². The molecule has 1 atom stereocenters. The number of hydrogen-bond acceptors (Lipinski definition) is 1. The Balaban J connectivity index is 4.53. The van der Waals surface area contributed by atoms with Crippen LogP contribution in [0.1, 0.15) is 47.5 Å². The van der Waals surface area contributed by atoms with E-state index in [1.807, 2.05) is 0 Å². The predicted octanol–water partition coefficient (Wildman–Crippen LogP) is 3.71. The summed E-state index contributed by atoms with van der Waals surface area (Å²) in [5.74, 6) is 0.811.